The summed E-state index contributed by atoms with van der Waals surface area (Å²) in [4.78, 5) is 1.91. The van der Waals surface area contributed by atoms with E-state index in [4.69, 9.17) is 14.6 Å². The van der Waals surface area contributed by atoms with Crippen LogP contribution in [0, 0.1) is 0 Å². The van der Waals surface area contributed by atoms with Crippen LogP contribution in [0.3, 0.4) is 0 Å². The standard InChI is InChI=1S/C26H30BrF2N3O2/c1-16-12-20-18(9-10-22-21(20)14-32(30-22)24-6-4-5-11-34-24)25(31(16)15-26(2,28)29)19-8-7-17(27)13-23(19)33-3/h7-10,13-14,16,24-25H,4-6,11-12,15H2,1-3H3/t16-,24?,25+/m1/s1. The monoisotopic (exact) mass is 533 g/mol. The number of ether oxygens (including phenoxy) is 2. The van der Waals surface area contributed by atoms with Gasteiger partial charge in [0.05, 0.1) is 25.2 Å². The van der Waals surface area contributed by atoms with E-state index in [2.05, 4.69) is 28.2 Å². The van der Waals surface area contributed by atoms with Gasteiger partial charge in [0.25, 0.3) is 5.92 Å². The van der Waals surface area contributed by atoms with Gasteiger partial charge in [-0.25, -0.2) is 13.5 Å². The third-order valence-electron chi connectivity index (χ3n) is 6.95. The second-order valence-corrected chi connectivity index (χ2v) is 10.5. The molecule has 5 rings (SSSR count). The first-order valence-electron chi connectivity index (χ1n) is 11.8. The average Bonchev–Trinajstić information content (AvgIpc) is 3.25. The molecule has 0 bridgehead atoms. The van der Waals surface area contributed by atoms with E-state index in [1.54, 1.807) is 7.11 Å². The van der Waals surface area contributed by atoms with Gasteiger partial charge in [0, 0.05) is 41.2 Å². The van der Waals surface area contributed by atoms with Crippen molar-refractivity contribution in [2.75, 3.05) is 20.3 Å². The van der Waals surface area contributed by atoms with E-state index in [-0.39, 0.29) is 24.9 Å². The lowest BCUT2D eigenvalue weighted by molar-refractivity contribution is -0.0391. The molecule has 1 saturated heterocycles. The van der Waals surface area contributed by atoms with Crippen LogP contribution in [0.25, 0.3) is 10.9 Å². The maximum Gasteiger partial charge on any atom is 0.257 e. The van der Waals surface area contributed by atoms with Gasteiger partial charge in [-0.05, 0) is 61.9 Å². The minimum atomic E-state index is -2.82. The highest BCUT2D eigenvalue weighted by Gasteiger charge is 2.40. The molecule has 1 fully saturated rings. The number of rotatable bonds is 5. The average molecular weight is 534 g/mol. The largest absolute Gasteiger partial charge is 0.496 e. The number of benzene rings is 2. The molecule has 5 nitrogen and oxygen atoms in total. The second-order valence-electron chi connectivity index (χ2n) is 9.58. The number of hydrogen-bond donors (Lipinski definition) is 0. The lowest BCUT2D eigenvalue weighted by atomic mass is 9.83. The first kappa shape index (κ1) is 23.7. The SMILES string of the molecule is COc1cc(Br)ccc1[C@@H]1c2ccc3nn(C4CCCCO4)cc3c2C[C@@H](C)N1CC(C)(F)F. The van der Waals surface area contributed by atoms with Crippen LogP contribution in [-0.4, -0.2) is 46.9 Å². The van der Waals surface area contributed by atoms with Crippen molar-refractivity contribution >= 4 is 26.8 Å². The first-order valence-corrected chi connectivity index (χ1v) is 12.6. The molecule has 2 aromatic carbocycles. The smallest absolute Gasteiger partial charge is 0.257 e. The molecular formula is C26H30BrF2N3O2. The molecule has 0 spiro atoms. The number of aromatic nitrogens is 2. The molecular weight excluding hydrogens is 504 g/mol. The van der Waals surface area contributed by atoms with Gasteiger partial charge in [-0.1, -0.05) is 28.1 Å². The normalized spacial score (nSPS) is 23.8. The summed E-state index contributed by atoms with van der Waals surface area (Å²) in [6.45, 7) is 3.44. The quantitative estimate of drug-likeness (QED) is 0.375. The predicted octanol–water partition coefficient (Wildman–Crippen LogP) is 6.50. The van der Waals surface area contributed by atoms with Crippen LogP contribution >= 0.6 is 15.9 Å². The molecule has 3 atom stereocenters. The van der Waals surface area contributed by atoms with Gasteiger partial charge in [-0.3, -0.25) is 4.90 Å². The van der Waals surface area contributed by atoms with Crippen LogP contribution in [-0.2, 0) is 11.2 Å². The van der Waals surface area contributed by atoms with E-state index in [0.717, 1.165) is 64.9 Å². The van der Waals surface area contributed by atoms with Crippen LogP contribution in [0.4, 0.5) is 8.78 Å². The van der Waals surface area contributed by atoms with Crippen LogP contribution in [0.1, 0.15) is 62.1 Å². The summed E-state index contributed by atoms with van der Waals surface area (Å²) in [7, 11) is 1.62. The number of methoxy groups -OCH3 is 1. The third-order valence-corrected chi connectivity index (χ3v) is 7.44. The van der Waals surface area contributed by atoms with E-state index in [1.165, 1.54) is 0 Å². The van der Waals surface area contributed by atoms with E-state index in [0.29, 0.717) is 12.2 Å². The van der Waals surface area contributed by atoms with E-state index < -0.39 is 5.92 Å². The highest BCUT2D eigenvalue weighted by Crippen LogP contribution is 2.45. The highest BCUT2D eigenvalue weighted by molar-refractivity contribution is 9.10. The lowest BCUT2D eigenvalue weighted by Gasteiger charge is -2.43. The molecule has 2 aliphatic heterocycles. The molecule has 8 heteroatoms. The maximum absolute atomic E-state index is 14.3. The summed E-state index contributed by atoms with van der Waals surface area (Å²) in [6, 6.07) is 9.42. The molecule has 2 aliphatic rings. The molecule has 34 heavy (non-hydrogen) atoms. The van der Waals surface area contributed by atoms with Gasteiger partial charge in [0.1, 0.15) is 12.0 Å². The van der Waals surface area contributed by atoms with Crippen molar-refractivity contribution in [1.82, 2.24) is 14.7 Å². The predicted molar refractivity (Wildman–Crippen MR) is 132 cm³/mol. The number of nitrogens with zero attached hydrogens (tertiary/aromatic N) is 3. The lowest BCUT2D eigenvalue weighted by Crippen LogP contribution is -2.47. The van der Waals surface area contributed by atoms with E-state index >= 15 is 0 Å². The van der Waals surface area contributed by atoms with Crippen molar-refractivity contribution in [3.8, 4) is 5.75 Å². The van der Waals surface area contributed by atoms with Crippen molar-refractivity contribution in [3.05, 3.63) is 57.7 Å². The fourth-order valence-corrected chi connectivity index (χ4v) is 5.76. The zero-order chi connectivity index (χ0) is 24.0. The molecule has 0 amide bonds. The number of halogens is 3. The minimum Gasteiger partial charge on any atom is -0.496 e. The van der Waals surface area contributed by atoms with Crippen LogP contribution < -0.4 is 4.74 Å². The van der Waals surface area contributed by atoms with Gasteiger partial charge in [0.2, 0.25) is 0 Å². The molecule has 0 N–H and O–H groups in total. The molecule has 0 saturated carbocycles. The third kappa shape index (κ3) is 4.48. The Balaban J connectivity index is 1.66. The summed E-state index contributed by atoms with van der Waals surface area (Å²) < 4.78 is 43.2. The van der Waals surface area contributed by atoms with Gasteiger partial charge >= 0.3 is 0 Å². The van der Waals surface area contributed by atoms with E-state index in [9.17, 15) is 8.78 Å². The Kier molecular flexibility index (Phi) is 6.42. The summed E-state index contributed by atoms with van der Waals surface area (Å²) >= 11 is 3.51. The Hall–Kier alpha value is -2.03. The van der Waals surface area contributed by atoms with Gasteiger partial charge < -0.3 is 9.47 Å². The molecule has 1 unspecified atom stereocenters. The fourth-order valence-electron chi connectivity index (χ4n) is 5.42. The maximum atomic E-state index is 14.3. The summed E-state index contributed by atoms with van der Waals surface area (Å²) in [5.74, 6) is -2.14. The van der Waals surface area contributed by atoms with Crippen LogP contribution in [0.2, 0.25) is 0 Å². The summed E-state index contributed by atoms with van der Waals surface area (Å²) in [6.07, 6.45) is 5.87. The van der Waals surface area contributed by atoms with Gasteiger partial charge in [0.15, 0.2) is 0 Å². The Morgan fingerprint density at radius 2 is 2.00 bits per heavy atom. The zero-order valence-electron chi connectivity index (χ0n) is 19.7. The number of hydrogen-bond acceptors (Lipinski definition) is 4. The molecule has 182 valence electrons. The fraction of sp³-hybridized carbons (Fsp3) is 0.500. The molecule has 0 radical (unpaired) electrons. The van der Waals surface area contributed by atoms with E-state index in [1.807, 2.05) is 40.8 Å². The summed E-state index contributed by atoms with van der Waals surface area (Å²) in [5, 5.41) is 5.89. The van der Waals surface area contributed by atoms with Crippen molar-refractivity contribution in [1.29, 1.82) is 0 Å². The van der Waals surface area contributed by atoms with Crippen LogP contribution in [0.15, 0.2) is 41.0 Å². The topological polar surface area (TPSA) is 39.5 Å². The van der Waals surface area contributed by atoms with Crippen LogP contribution in [0.5, 0.6) is 5.75 Å². The molecule has 0 aliphatic carbocycles. The zero-order valence-corrected chi connectivity index (χ0v) is 21.3. The minimum absolute atomic E-state index is 0.0459. The Labute approximate surface area is 207 Å². The van der Waals surface area contributed by atoms with Crippen molar-refractivity contribution in [2.45, 2.75) is 63.8 Å². The summed E-state index contributed by atoms with van der Waals surface area (Å²) in [5.41, 5.74) is 3.98. The van der Waals surface area contributed by atoms with Crippen molar-refractivity contribution < 1.29 is 18.3 Å². The molecule has 1 aromatic heterocycles. The van der Waals surface area contributed by atoms with Gasteiger partial charge in [-0.15, -0.1) is 0 Å². The Morgan fingerprint density at radius 3 is 2.71 bits per heavy atom. The molecule has 3 aromatic rings. The highest BCUT2D eigenvalue weighted by atomic mass is 79.9. The van der Waals surface area contributed by atoms with Crippen molar-refractivity contribution in [3.63, 3.8) is 0 Å². The molecule has 3 heterocycles. The van der Waals surface area contributed by atoms with Gasteiger partial charge in [-0.2, -0.15) is 5.10 Å². The number of alkyl halides is 2. The second kappa shape index (κ2) is 9.21. The number of fused-ring (bicyclic) bond motifs is 3. The first-order chi connectivity index (χ1) is 16.2. The van der Waals surface area contributed by atoms with Crippen molar-refractivity contribution in [2.24, 2.45) is 0 Å². The Bertz CT molecular complexity index is 1190. The Morgan fingerprint density at radius 1 is 1.21 bits per heavy atom.